The van der Waals surface area contributed by atoms with Crippen LogP contribution < -0.4 is 0 Å². The molecule has 1 rings (SSSR count). The van der Waals surface area contributed by atoms with Crippen molar-refractivity contribution in [2.75, 3.05) is 18.6 Å². The van der Waals surface area contributed by atoms with E-state index < -0.39 is 0 Å². The maximum atomic E-state index is 11.4. The lowest BCUT2D eigenvalue weighted by Gasteiger charge is -2.07. The van der Waals surface area contributed by atoms with Gasteiger partial charge in [0.1, 0.15) is 0 Å². The van der Waals surface area contributed by atoms with Gasteiger partial charge in [-0.15, -0.1) is 10.2 Å². The summed E-state index contributed by atoms with van der Waals surface area (Å²) in [5.74, 6) is 0.429. The molecule has 1 aromatic rings. The molecule has 16 heavy (non-hydrogen) atoms. The average molecular weight is 278 g/mol. The van der Waals surface area contributed by atoms with Crippen LogP contribution in [0.2, 0.25) is 0 Å². The van der Waals surface area contributed by atoms with Gasteiger partial charge in [-0.05, 0) is 13.2 Å². The van der Waals surface area contributed by atoms with E-state index in [2.05, 4.69) is 10.2 Å². The van der Waals surface area contributed by atoms with Crippen molar-refractivity contribution in [3.63, 3.8) is 0 Å². The summed E-state index contributed by atoms with van der Waals surface area (Å²) in [4.78, 5) is 11.4. The zero-order valence-electron chi connectivity index (χ0n) is 9.43. The van der Waals surface area contributed by atoms with E-state index in [1.54, 1.807) is 34.9 Å². The molecule has 7 heteroatoms. The molecule has 0 amide bonds. The summed E-state index contributed by atoms with van der Waals surface area (Å²) < 4.78 is 6.78. The first-order valence-electron chi connectivity index (χ1n) is 4.84. The molecular formula is C9H14N2O2S3. The van der Waals surface area contributed by atoms with Crippen LogP contribution in [0.1, 0.15) is 13.8 Å². The Morgan fingerprint density at radius 3 is 2.75 bits per heavy atom. The van der Waals surface area contributed by atoms with Gasteiger partial charge < -0.3 is 4.74 Å². The molecule has 4 nitrogen and oxygen atoms in total. The Morgan fingerprint density at radius 2 is 2.19 bits per heavy atom. The van der Waals surface area contributed by atoms with Gasteiger partial charge in [-0.1, -0.05) is 41.8 Å². The standard InChI is InChI=1S/C9H14N2O2S3/c1-4-13-7(12)6(2)5-15-9-11-10-8(14-3)16-9/h6H,4-5H2,1-3H3. The van der Waals surface area contributed by atoms with Crippen LogP contribution in [0.15, 0.2) is 8.68 Å². The van der Waals surface area contributed by atoms with Crippen molar-refractivity contribution in [3.8, 4) is 0 Å². The first kappa shape index (κ1) is 13.8. The van der Waals surface area contributed by atoms with Crippen LogP contribution in [-0.4, -0.2) is 34.8 Å². The molecule has 0 fully saturated rings. The van der Waals surface area contributed by atoms with Crippen LogP contribution in [0.3, 0.4) is 0 Å². The van der Waals surface area contributed by atoms with Crippen molar-refractivity contribution in [1.82, 2.24) is 10.2 Å². The van der Waals surface area contributed by atoms with E-state index in [0.29, 0.717) is 12.4 Å². The normalized spacial score (nSPS) is 12.4. The molecular weight excluding hydrogens is 264 g/mol. The van der Waals surface area contributed by atoms with Gasteiger partial charge in [0.05, 0.1) is 12.5 Å². The zero-order chi connectivity index (χ0) is 12.0. The van der Waals surface area contributed by atoms with Gasteiger partial charge in [0, 0.05) is 5.75 Å². The summed E-state index contributed by atoms with van der Waals surface area (Å²) in [7, 11) is 0. The smallest absolute Gasteiger partial charge is 0.309 e. The quantitative estimate of drug-likeness (QED) is 0.589. The fraction of sp³-hybridized carbons (Fsp3) is 0.667. The van der Waals surface area contributed by atoms with Crippen LogP contribution >= 0.6 is 34.9 Å². The molecule has 1 atom stereocenters. The number of carbonyl (C=O) groups is 1. The van der Waals surface area contributed by atoms with Crippen molar-refractivity contribution >= 4 is 40.8 Å². The third-order valence-corrected chi connectivity index (χ3v) is 5.00. The Kier molecular flexibility index (Phi) is 6.15. The molecule has 0 aliphatic rings. The van der Waals surface area contributed by atoms with Gasteiger partial charge in [-0.2, -0.15) is 0 Å². The molecule has 0 N–H and O–H groups in total. The van der Waals surface area contributed by atoms with E-state index in [1.165, 1.54) is 0 Å². The highest BCUT2D eigenvalue weighted by Crippen LogP contribution is 2.28. The summed E-state index contributed by atoms with van der Waals surface area (Å²) in [5, 5.41) is 8.01. The Hall–Kier alpha value is -0.270. The molecule has 0 saturated carbocycles. The van der Waals surface area contributed by atoms with Crippen molar-refractivity contribution in [2.45, 2.75) is 22.5 Å². The number of carbonyl (C=O) groups excluding carboxylic acids is 1. The van der Waals surface area contributed by atoms with Gasteiger partial charge in [0.2, 0.25) is 0 Å². The molecule has 0 aliphatic heterocycles. The molecule has 0 saturated heterocycles. The lowest BCUT2D eigenvalue weighted by molar-refractivity contribution is -0.146. The van der Waals surface area contributed by atoms with Crippen molar-refractivity contribution in [2.24, 2.45) is 5.92 Å². The number of ether oxygens (including phenoxy) is 1. The van der Waals surface area contributed by atoms with E-state index >= 15 is 0 Å². The monoisotopic (exact) mass is 278 g/mol. The highest BCUT2D eigenvalue weighted by atomic mass is 32.2. The first-order valence-corrected chi connectivity index (χ1v) is 7.87. The number of rotatable bonds is 6. The van der Waals surface area contributed by atoms with Gasteiger partial charge in [-0.25, -0.2) is 0 Å². The van der Waals surface area contributed by atoms with E-state index in [-0.39, 0.29) is 11.9 Å². The zero-order valence-corrected chi connectivity index (χ0v) is 11.9. The minimum Gasteiger partial charge on any atom is -0.466 e. The van der Waals surface area contributed by atoms with Crippen molar-refractivity contribution in [1.29, 1.82) is 0 Å². The van der Waals surface area contributed by atoms with Crippen LogP contribution in [0, 0.1) is 5.92 Å². The maximum absolute atomic E-state index is 11.4. The summed E-state index contributed by atoms with van der Waals surface area (Å²) in [6.07, 6.45) is 1.97. The Labute approximate surface area is 108 Å². The molecule has 0 radical (unpaired) electrons. The fourth-order valence-electron chi connectivity index (χ4n) is 0.887. The molecule has 0 aromatic carbocycles. The summed E-state index contributed by atoms with van der Waals surface area (Å²) >= 11 is 4.68. The number of aromatic nitrogens is 2. The van der Waals surface area contributed by atoms with Gasteiger partial charge in [-0.3, -0.25) is 4.79 Å². The van der Waals surface area contributed by atoms with E-state index in [4.69, 9.17) is 4.74 Å². The van der Waals surface area contributed by atoms with Crippen LogP contribution in [0.5, 0.6) is 0 Å². The highest BCUT2D eigenvalue weighted by molar-refractivity contribution is 8.02. The fourth-order valence-corrected chi connectivity index (χ4v) is 3.35. The van der Waals surface area contributed by atoms with E-state index in [9.17, 15) is 4.79 Å². The highest BCUT2D eigenvalue weighted by Gasteiger charge is 2.15. The van der Waals surface area contributed by atoms with E-state index in [1.807, 2.05) is 20.1 Å². The molecule has 0 spiro atoms. The minimum absolute atomic E-state index is 0.105. The van der Waals surface area contributed by atoms with Crippen LogP contribution in [-0.2, 0) is 9.53 Å². The maximum Gasteiger partial charge on any atom is 0.309 e. The van der Waals surface area contributed by atoms with Gasteiger partial charge >= 0.3 is 5.97 Å². The van der Waals surface area contributed by atoms with Crippen molar-refractivity contribution < 1.29 is 9.53 Å². The number of hydrogen-bond acceptors (Lipinski definition) is 7. The predicted octanol–water partition coefficient (Wildman–Crippen LogP) is 2.55. The molecule has 1 aromatic heterocycles. The summed E-state index contributed by atoms with van der Waals surface area (Å²) in [6.45, 7) is 4.11. The molecule has 1 unspecified atom stereocenters. The van der Waals surface area contributed by atoms with E-state index in [0.717, 1.165) is 8.68 Å². The largest absolute Gasteiger partial charge is 0.466 e. The van der Waals surface area contributed by atoms with Crippen LogP contribution in [0.25, 0.3) is 0 Å². The first-order chi connectivity index (χ1) is 7.67. The van der Waals surface area contributed by atoms with Crippen molar-refractivity contribution in [3.05, 3.63) is 0 Å². The minimum atomic E-state index is -0.149. The number of thioether (sulfide) groups is 2. The average Bonchev–Trinajstić information content (AvgIpc) is 2.74. The second-order valence-corrected chi connectivity index (χ2v) is 6.30. The Bertz CT molecular complexity index is 343. The number of hydrogen-bond donors (Lipinski definition) is 0. The van der Waals surface area contributed by atoms with Gasteiger partial charge in [0.25, 0.3) is 0 Å². The third kappa shape index (κ3) is 4.31. The topological polar surface area (TPSA) is 52.1 Å². The Balaban J connectivity index is 2.36. The summed E-state index contributed by atoms with van der Waals surface area (Å²) in [5.41, 5.74) is 0. The molecule has 0 bridgehead atoms. The second kappa shape index (κ2) is 7.13. The molecule has 0 aliphatic carbocycles. The molecule has 90 valence electrons. The lowest BCUT2D eigenvalue weighted by Crippen LogP contribution is -2.16. The molecule has 1 heterocycles. The summed E-state index contributed by atoms with van der Waals surface area (Å²) in [6, 6.07) is 0. The number of nitrogens with zero attached hydrogens (tertiary/aromatic N) is 2. The third-order valence-electron chi connectivity index (χ3n) is 1.71. The van der Waals surface area contributed by atoms with Gasteiger partial charge in [0.15, 0.2) is 8.68 Å². The lowest BCUT2D eigenvalue weighted by atomic mass is 10.2. The Morgan fingerprint density at radius 1 is 1.50 bits per heavy atom. The predicted molar refractivity (Wildman–Crippen MR) is 68.2 cm³/mol. The number of esters is 1. The second-order valence-electron chi connectivity index (χ2n) is 3.00. The van der Waals surface area contributed by atoms with Crippen LogP contribution in [0.4, 0.5) is 0 Å². The SMILES string of the molecule is CCOC(=O)C(C)CSc1nnc(SC)s1.